The third-order valence-electron chi connectivity index (χ3n) is 6.02. The Bertz CT molecular complexity index is 1410. The number of methoxy groups -OCH3 is 1. The molecule has 186 valence electrons. The van der Waals surface area contributed by atoms with E-state index < -0.39 is 22.8 Å². The lowest BCUT2D eigenvalue weighted by Gasteiger charge is -2.30. The van der Waals surface area contributed by atoms with Gasteiger partial charge in [-0.1, -0.05) is 6.92 Å². The maximum Gasteiger partial charge on any atom is 0.212 e. The van der Waals surface area contributed by atoms with Crippen molar-refractivity contribution >= 4 is 16.9 Å². The van der Waals surface area contributed by atoms with Crippen LogP contribution in [0.15, 0.2) is 53.9 Å². The summed E-state index contributed by atoms with van der Waals surface area (Å²) in [6.07, 6.45) is 4.98. The number of hydrogen-bond acceptors (Lipinski definition) is 7. The van der Waals surface area contributed by atoms with Crippen LogP contribution in [0.1, 0.15) is 12.5 Å². The maximum absolute atomic E-state index is 15.0. The molecule has 36 heavy (non-hydrogen) atoms. The zero-order valence-corrected chi connectivity index (χ0v) is 19.7. The molecule has 5 rings (SSSR count). The minimum absolute atomic E-state index is 0.0564. The fraction of sp³-hybridized carbons (Fsp3) is 0.269. The molecule has 4 heterocycles. The number of H-pyrrole nitrogens is 1. The number of fused-ring (bicyclic) bond motifs is 1. The van der Waals surface area contributed by atoms with E-state index in [4.69, 9.17) is 14.2 Å². The van der Waals surface area contributed by atoms with Crippen LogP contribution in [0.25, 0.3) is 22.2 Å². The van der Waals surface area contributed by atoms with Crippen LogP contribution in [-0.2, 0) is 11.2 Å². The summed E-state index contributed by atoms with van der Waals surface area (Å²) >= 11 is 0. The zero-order chi connectivity index (χ0) is 25.3. The highest BCUT2D eigenvalue weighted by atomic mass is 19.1. The largest absolute Gasteiger partial charge is 0.481 e. The van der Waals surface area contributed by atoms with E-state index in [1.54, 1.807) is 24.5 Å². The third kappa shape index (κ3) is 4.59. The number of nitrogens with zero attached hydrogens (tertiary/aromatic N) is 3. The van der Waals surface area contributed by atoms with Gasteiger partial charge in [-0.05, 0) is 29.8 Å². The predicted molar refractivity (Wildman–Crippen MR) is 129 cm³/mol. The Morgan fingerprint density at radius 3 is 2.61 bits per heavy atom. The highest BCUT2D eigenvalue weighted by Gasteiger charge is 2.29. The van der Waals surface area contributed by atoms with Gasteiger partial charge in [0.1, 0.15) is 11.4 Å². The molecule has 0 bridgehead atoms. The standard InChI is InChI=1S/C26H24F2N4O4/c1-26(13-33)12-32-22(35-14-26)9-15-7-18(27)24(19(28)8-15)36-20-5-6-29-25-23(20)17(11-31-25)16-3-4-21(34-2)30-10-16/h3-8,10-11,33H,9,12-14H2,1-2H3,(H,29,31). The number of benzene rings is 1. The summed E-state index contributed by atoms with van der Waals surface area (Å²) in [6.45, 7) is 2.47. The summed E-state index contributed by atoms with van der Waals surface area (Å²) in [5.41, 5.74) is 1.87. The number of nitrogens with one attached hydrogen (secondary N) is 1. The first-order valence-electron chi connectivity index (χ1n) is 11.3. The van der Waals surface area contributed by atoms with E-state index in [0.29, 0.717) is 40.5 Å². The van der Waals surface area contributed by atoms with Gasteiger partial charge in [-0.2, -0.15) is 0 Å². The average Bonchev–Trinajstić information content (AvgIpc) is 3.33. The molecule has 1 atom stereocenters. The predicted octanol–water partition coefficient (Wildman–Crippen LogP) is 4.67. The van der Waals surface area contributed by atoms with Gasteiger partial charge in [0.25, 0.3) is 0 Å². The fourth-order valence-corrected chi connectivity index (χ4v) is 3.93. The first-order chi connectivity index (χ1) is 17.4. The van der Waals surface area contributed by atoms with Crippen molar-refractivity contribution in [1.82, 2.24) is 15.0 Å². The van der Waals surface area contributed by atoms with Crippen molar-refractivity contribution < 1.29 is 28.1 Å². The molecule has 2 N–H and O–H groups in total. The van der Waals surface area contributed by atoms with Crippen LogP contribution in [-0.4, -0.2) is 52.8 Å². The number of ether oxygens (including phenoxy) is 3. The first-order valence-corrected chi connectivity index (χ1v) is 11.3. The fourth-order valence-electron chi connectivity index (χ4n) is 3.93. The van der Waals surface area contributed by atoms with Gasteiger partial charge in [-0.15, -0.1) is 0 Å². The normalized spacial score (nSPS) is 17.5. The quantitative estimate of drug-likeness (QED) is 0.387. The minimum atomic E-state index is -0.852. The van der Waals surface area contributed by atoms with Gasteiger partial charge in [0.05, 0.1) is 32.3 Å². The zero-order valence-electron chi connectivity index (χ0n) is 19.7. The summed E-state index contributed by atoms with van der Waals surface area (Å²) in [5, 5.41) is 9.99. The number of halogens is 2. The SMILES string of the molecule is COc1ccc(-c2c[nH]c3nccc(Oc4c(F)cc(CC5=NCC(C)(CO)CO5)cc4F)c23)cn1. The first kappa shape index (κ1) is 23.7. The number of rotatable bonds is 7. The Kier molecular flexibility index (Phi) is 6.27. The molecule has 4 aromatic rings. The van der Waals surface area contributed by atoms with Crippen molar-refractivity contribution in [2.45, 2.75) is 13.3 Å². The van der Waals surface area contributed by atoms with E-state index in [-0.39, 0.29) is 25.4 Å². The van der Waals surface area contributed by atoms with Gasteiger partial charge in [-0.25, -0.2) is 18.7 Å². The van der Waals surface area contributed by atoms with Crippen LogP contribution in [0.5, 0.6) is 17.4 Å². The second-order valence-electron chi connectivity index (χ2n) is 8.96. The van der Waals surface area contributed by atoms with E-state index in [9.17, 15) is 5.11 Å². The number of hydrogen-bond donors (Lipinski definition) is 2. The highest BCUT2D eigenvalue weighted by Crippen LogP contribution is 2.38. The minimum Gasteiger partial charge on any atom is -0.481 e. The Labute approximate surface area is 205 Å². The highest BCUT2D eigenvalue weighted by molar-refractivity contribution is 5.98. The number of aliphatic hydroxyl groups is 1. The van der Waals surface area contributed by atoms with Gasteiger partial charge in [0.2, 0.25) is 5.88 Å². The van der Waals surface area contributed by atoms with Crippen LogP contribution in [0.4, 0.5) is 8.78 Å². The van der Waals surface area contributed by atoms with E-state index in [1.165, 1.54) is 25.4 Å². The number of aromatic amines is 1. The summed E-state index contributed by atoms with van der Waals surface area (Å²) < 4.78 is 46.5. The average molecular weight is 494 g/mol. The van der Waals surface area contributed by atoms with Crippen LogP contribution >= 0.6 is 0 Å². The molecule has 3 aromatic heterocycles. The molecular formula is C26H24F2N4O4. The molecule has 8 nitrogen and oxygen atoms in total. The Morgan fingerprint density at radius 2 is 1.97 bits per heavy atom. The molecule has 10 heteroatoms. The number of aliphatic hydroxyl groups excluding tert-OH is 1. The molecule has 0 amide bonds. The van der Waals surface area contributed by atoms with Crippen LogP contribution in [0, 0.1) is 17.0 Å². The Balaban J connectivity index is 1.43. The molecule has 1 aliphatic heterocycles. The molecule has 0 radical (unpaired) electrons. The van der Waals surface area contributed by atoms with E-state index >= 15 is 8.78 Å². The second-order valence-corrected chi connectivity index (χ2v) is 8.96. The molecule has 1 aromatic carbocycles. The lowest BCUT2D eigenvalue weighted by Crippen LogP contribution is -2.36. The van der Waals surface area contributed by atoms with Gasteiger partial charge in [0, 0.05) is 47.6 Å². The van der Waals surface area contributed by atoms with Gasteiger partial charge in [0.15, 0.2) is 23.3 Å². The Morgan fingerprint density at radius 1 is 1.17 bits per heavy atom. The summed E-state index contributed by atoms with van der Waals surface area (Å²) in [7, 11) is 1.53. The topological polar surface area (TPSA) is 102 Å². The molecule has 0 fully saturated rings. The molecule has 1 aliphatic rings. The number of aromatic nitrogens is 3. The summed E-state index contributed by atoms with van der Waals surface area (Å²) in [6, 6.07) is 7.49. The van der Waals surface area contributed by atoms with Crippen LogP contribution in [0.3, 0.4) is 0 Å². The lowest BCUT2D eigenvalue weighted by atomic mass is 9.92. The Hall–Kier alpha value is -4.05. The van der Waals surface area contributed by atoms with Gasteiger partial charge < -0.3 is 24.3 Å². The van der Waals surface area contributed by atoms with Crippen molar-refractivity contribution in [2.24, 2.45) is 10.4 Å². The summed E-state index contributed by atoms with van der Waals surface area (Å²) in [5.74, 6) is -1.16. The third-order valence-corrected chi connectivity index (χ3v) is 6.02. The molecular weight excluding hydrogens is 470 g/mol. The van der Waals surface area contributed by atoms with E-state index in [0.717, 1.165) is 5.56 Å². The molecule has 0 aliphatic carbocycles. The summed E-state index contributed by atoms with van der Waals surface area (Å²) in [4.78, 5) is 15.9. The monoisotopic (exact) mass is 494 g/mol. The maximum atomic E-state index is 15.0. The van der Waals surface area contributed by atoms with Crippen LogP contribution in [0.2, 0.25) is 0 Å². The number of aliphatic imine (C=N–C) groups is 1. The molecule has 0 saturated carbocycles. The van der Waals surface area contributed by atoms with Crippen molar-refractivity contribution in [1.29, 1.82) is 0 Å². The van der Waals surface area contributed by atoms with E-state index in [2.05, 4.69) is 19.9 Å². The van der Waals surface area contributed by atoms with E-state index in [1.807, 2.05) is 13.0 Å². The van der Waals surface area contributed by atoms with Gasteiger partial charge in [-0.3, -0.25) is 4.99 Å². The van der Waals surface area contributed by atoms with Crippen molar-refractivity contribution in [3.63, 3.8) is 0 Å². The lowest BCUT2D eigenvalue weighted by molar-refractivity contribution is 0.0691. The van der Waals surface area contributed by atoms with Gasteiger partial charge >= 0.3 is 0 Å². The van der Waals surface area contributed by atoms with Crippen molar-refractivity contribution in [3.8, 4) is 28.5 Å². The molecule has 0 spiro atoms. The van der Waals surface area contributed by atoms with Crippen molar-refractivity contribution in [2.75, 3.05) is 26.9 Å². The number of pyridine rings is 2. The van der Waals surface area contributed by atoms with Crippen molar-refractivity contribution in [3.05, 3.63) is 66.1 Å². The second kappa shape index (κ2) is 9.54. The smallest absolute Gasteiger partial charge is 0.212 e. The van der Waals surface area contributed by atoms with Crippen LogP contribution < -0.4 is 9.47 Å². The molecule has 0 saturated heterocycles. The molecule has 1 unspecified atom stereocenters.